The van der Waals surface area contributed by atoms with Crippen LogP contribution < -0.4 is 0 Å². The molecular formula is C19H25F2P. The molecule has 0 N–H and O–H groups in total. The van der Waals surface area contributed by atoms with E-state index < -0.39 is 19.6 Å². The summed E-state index contributed by atoms with van der Waals surface area (Å²) in [5, 5.41) is 1.15. The van der Waals surface area contributed by atoms with Crippen molar-refractivity contribution in [2.24, 2.45) is 0 Å². The van der Waals surface area contributed by atoms with Crippen molar-refractivity contribution in [1.82, 2.24) is 0 Å². The Hall–Kier alpha value is -1.27. The molecule has 0 spiro atoms. The molecule has 22 heavy (non-hydrogen) atoms. The molecule has 0 amide bonds. The molecule has 0 aliphatic rings. The molecule has 120 valence electrons. The number of halogens is 2. The minimum absolute atomic E-state index is 0.333. The fourth-order valence-corrected chi connectivity index (χ4v) is 3.96. The van der Waals surface area contributed by atoms with E-state index in [4.69, 9.17) is 0 Å². The Bertz CT molecular complexity index is 623. The first-order chi connectivity index (χ1) is 10.3. The maximum absolute atomic E-state index is 14.5. The zero-order valence-electron chi connectivity index (χ0n) is 14.3. The third kappa shape index (κ3) is 4.14. The number of benzene rings is 1. The van der Waals surface area contributed by atoms with E-state index in [0.29, 0.717) is 11.1 Å². The zero-order valence-corrected chi connectivity index (χ0v) is 15.2. The molecule has 0 atom stereocenters. The van der Waals surface area contributed by atoms with Gasteiger partial charge < -0.3 is 0 Å². The molecule has 0 aliphatic heterocycles. The lowest BCUT2D eigenvalue weighted by molar-refractivity contribution is 0.501. The van der Waals surface area contributed by atoms with Crippen LogP contribution >= 0.6 is 7.92 Å². The second kappa shape index (κ2) is 8.39. The summed E-state index contributed by atoms with van der Waals surface area (Å²) < 4.78 is 28.5. The SMILES string of the molecule is C\C=C/C=C(\C(=C(/C)CC)P(C)C)c1ccc(C)c(F)c1F. The Morgan fingerprint density at radius 3 is 2.32 bits per heavy atom. The first kappa shape index (κ1) is 18.8. The van der Waals surface area contributed by atoms with Crippen LogP contribution in [0.5, 0.6) is 0 Å². The molecule has 0 aliphatic carbocycles. The molecule has 0 saturated carbocycles. The lowest BCUT2D eigenvalue weighted by Gasteiger charge is -2.20. The number of rotatable bonds is 5. The van der Waals surface area contributed by atoms with Crippen molar-refractivity contribution in [3.05, 3.63) is 64.0 Å². The van der Waals surface area contributed by atoms with Crippen molar-refractivity contribution >= 4 is 13.5 Å². The van der Waals surface area contributed by atoms with E-state index in [1.54, 1.807) is 19.1 Å². The van der Waals surface area contributed by atoms with Gasteiger partial charge in [0.15, 0.2) is 11.6 Å². The van der Waals surface area contributed by atoms with Crippen molar-refractivity contribution in [2.75, 3.05) is 13.3 Å². The molecule has 1 rings (SSSR count). The molecule has 0 nitrogen and oxygen atoms in total. The van der Waals surface area contributed by atoms with Crippen LogP contribution in [-0.4, -0.2) is 13.3 Å². The minimum atomic E-state index is -0.756. The summed E-state index contributed by atoms with van der Waals surface area (Å²) >= 11 is 0. The van der Waals surface area contributed by atoms with E-state index in [-0.39, 0.29) is 0 Å². The monoisotopic (exact) mass is 322 g/mol. The van der Waals surface area contributed by atoms with E-state index in [1.165, 1.54) is 5.57 Å². The summed E-state index contributed by atoms with van der Waals surface area (Å²) in [6.45, 7) is 12.0. The number of allylic oxidation sites excluding steroid dienone is 6. The van der Waals surface area contributed by atoms with E-state index in [9.17, 15) is 8.78 Å². The first-order valence-corrected chi connectivity index (χ1v) is 9.74. The van der Waals surface area contributed by atoms with Gasteiger partial charge >= 0.3 is 0 Å². The van der Waals surface area contributed by atoms with Gasteiger partial charge in [-0.05, 0) is 57.0 Å². The summed E-state index contributed by atoms with van der Waals surface area (Å²) in [6, 6.07) is 3.33. The molecular weight excluding hydrogens is 297 g/mol. The van der Waals surface area contributed by atoms with Crippen LogP contribution in [0.3, 0.4) is 0 Å². The van der Waals surface area contributed by atoms with Crippen LogP contribution in [0.4, 0.5) is 8.78 Å². The molecule has 0 bridgehead atoms. The summed E-state index contributed by atoms with van der Waals surface area (Å²) in [4.78, 5) is 0. The topological polar surface area (TPSA) is 0 Å². The Kier molecular flexibility index (Phi) is 7.16. The summed E-state index contributed by atoms with van der Waals surface area (Å²) in [5.74, 6) is -1.51. The quantitative estimate of drug-likeness (QED) is 0.420. The normalized spacial score (nSPS) is 14.0. The second-order valence-electron chi connectivity index (χ2n) is 5.54. The molecule has 1 aromatic rings. The van der Waals surface area contributed by atoms with Gasteiger partial charge in [0.05, 0.1) is 0 Å². The van der Waals surface area contributed by atoms with Gasteiger partial charge in [-0.25, -0.2) is 8.78 Å². The van der Waals surface area contributed by atoms with Crippen LogP contribution in [0.25, 0.3) is 5.57 Å². The van der Waals surface area contributed by atoms with Gasteiger partial charge in [-0.1, -0.05) is 50.8 Å². The predicted molar refractivity (Wildman–Crippen MR) is 95.6 cm³/mol. The van der Waals surface area contributed by atoms with E-state index >= 15 is 0 Å². The summed E-state index contributed by atoms with van der Waals surface area (Å²) in [5.41, 5.74) is 2.71. The van der Waals surface area contributed by atoms with Crippen LogP contribution in [0, 0.1) is 18.6 Å². The average Bonchev–Trinajstić information content (AvgIpc) is 2.48. The average molecular weight is 322 g/mol. The largest absolute Gasteiger partial charge is 0.203 e. The highest BCUT2D eigenvalue weighted by Crippen LogP contribution is 2.48. The van der Waals surface area contributed by atoms with Gasteiger partial charge in [0.2, 0.25) is 0 Å². The minimum Gasteiger partial charge on any atom is -0.203 e. The molecule has 0 unspecified atom stereocenters. The van der Waals surface area contributed by atoms with Crippen molar-refractivity contribution < 1.29 is 8.78 Å². The number of aryl methyl sites for hydroxylation is 1. The standard InChI is InChI=1S/C19H25F2P/c1-7-9-10-16(19(22(5)6)13(3)8-2)15-12-11-14(4)17(20)18(15)21/h7,9-12H,8H2,1-6H3/b9-7-,16-10-,19-13-. The van der Waals surface area contributed by atoms with E-state index in [0.717, 1.165) is 17.3 Å². The van der Waals surface area contributed by atoms with Gasteiger partial charge in [-0.3, -0.25) is 0 Å². The van der Waals surface area contributed by atoms with Gasteiger partial charge in [0.1, 0.15) is 0 Å². The molecule has 0 fully saturated rings. The van der Waals surface area contributed by atoms with Crippen molar-refractivity contribution in [3.63, 3.8) is 0 Å². The lowest BCUT2D eigenvalue weighted by Crippen LogP contribution is -2.00. The highest BCUT2D eigenvalue weighted by atomic mass is 31.1. The highest BCUT2D eigenvalue weighted by molar-refractivity contribution is 7.61. The Labute approximate surface area is 134 Å². The smallest absolute Gasteiger partial charge is 0.166 e. The Morgan fingerprint density at radius 1 is 1.18 bits per heavy atom. The third-order valence-electron chi connectivity index (χ3n) is 3.66. The van der Waals surface area contributed by atoms with Gasteiger partial charge in [-0.2, -0.15) is 0 Å². The van der Waals surface area contributed by atoms with E-state index in [1.807, 2.05) is 25.2 Å². The zero-order chi connectivity index (χ0) is 16.9. The maximum atomic E-state index is 14.5. The molecule has 0 aromatic heterocycles. The van der Waals surface area contributed by atoms with Crippen LogP contribution in [0.15, 0.2) is 41.2 Å². The fraction of sp³-hybridized carbons (Fsp3) is 0.368. The fourth-order valence-electron chi connectivity index (χ4n) is 2.36. The van der Waals surface area contributed by atoms with E-state index in [2.05, 4.69) is 27.2 Å². The van der Waals surface area contributed by atoms with Crippen LogP contribution in [0.1, 0.15) is 38.3 Å². The third-order valence-corrected chi connectivity index (χ3v) is 5.17. The predicted octanol–water partition coefficient (Wildman–Crippen LogP) is 6.66. The first-order valence-electron chi connectivity index (χ1n) is 7.50. The molecule has 0 heterocycles. The lowest BCUT2D eigenvalue weighted by atomic mass is 9.99. The Morgan fingerprint density at radius 2 is 1.82 bits per heavy atom. The summed E-state index contributed by atoms with van der Waals surface area (Å²) in [7, 11) is -0.430. The molecule has 0 saturated heterocycles. The number of hydrogen-bond acceptors (Lipinski definition) is 0. The van der Waals surface area contributed by atoms with Crippen LogP contribution in [0.2, 0.25) is 0 Å². The van der Waals surface area contributed by atoms with Crippen molar-refractivity contribution in [1.29, 1.82) is 0 Å². The number of hydrogen-bond donors (Lipinski definition) is 0. The van der Waals surface area contributed by atoms with Crippen molar-refractivity contribution in [2.45, 2.75) is 34.1 Å². The molecule has 1 aromatic carbocycles. The van der Waals surface area contributed by atoms with Gasteiger partial charge in [0, 0.05) is 5.56 Å². The summed E-state index contributed by atoms with van der Waals surface area (Å²) in [6.07, 6.45) is 6.58. The highest BCUT2D eigenvalue weighted by Gasteiger charge is 2.19. The van der Waals surface area contributed by atoms with Crippen molar-refractivity contribution in [3.8, 4) is 0 Å². The van der Waals surface area contributed by atoms with Gasteiger partial charge in [-0.15, -0.1) is 0 Å². The van der Waals surface area contributed by atoms with Gasteiger partial charge in [0.25, 0.3) is 0 Å². The molecule has 3 heteroatoms. The van der Waals surface area contributed by atoms with Crippen LogP contribution in [-0.2, 0) is 0 Å². The maximum Gasteiger partial charge on any atom is 0.166 e. The molecule has 0 radical (unpaired) electrons. The second-order valence-corrected chi connectivity index (χ2v) is 7.78. The Balaban J connectivity index is 3.66.